The maximum Gasteiger partial charge on any atom is 0.239 e. The zero-order chi connectivity index (χ0) is 26.8. The lowest BCUT2D eigenvalue weighted by Crippen LogP contribution is -2.45. The lowest BCUT2D eigenvalue weighted by Gasteiger charge is -2.39. The van der Waals surface area contributed by atoms with E-state index in [1.54, 1.807) is 26.0 Å². The molecular formula is C25H33FN4O5S. The molecule has 2 atom stereocenters. The minimum absolute atomic E-state index is 0.0163. The lowest BCUT2D eigenvalue weighted by molar-refractivity contribution is -0.289. The first-order chi connectivity index (χ1) is 16.7. The van der Waals surface area contributed by atoms with Gasteiger partial charge < -0.3 is 15.2 Å². The molecule has 0 radical (unpaired) electrons. The van der Waals surface area contributed by atoms with Gasteiger partial charge >= 0.3 is 0 Å². The number of primary amides is 1. The van der Waals surface area contributed by atoms with Crippen LogP contribution in [0.4, 0.5) is 10.3 Å². The van der Waals surface area contributed by atoms with Crippen LogP contribution in [0, 0.1) is 5.82 Å². The van der Waals surface area contributed by atoms with Gasteiger partial charge in [0.1, 0.15) is 5.82 Å². The summed E-state index contributed by atoms with van der Waals surface area (Å²) in [6, 6.07) is 5.80. The number of ether oxygens (including phenoxy) is 2. The summed E-state index contributed by atoms with van der Waals surface area (Å²) in [5.74, 6) is -1.86. The topological polar surface area (TPSA) is 125 Å². The average molecular weight is 521 g/mol. The summed E-state index contributed by atoms with van der Waals surface area (Å²) in [6.45, 7) is 7.41. The van der Waals surface area contributed by atoms with Gasteiger partial charge in [-0.15, -0.1) is 0 Å². The van der Waals surface area contributed by atoms with Crippen molar-refractivity contribution >= 4 is 28.0 Å². The molecule has 1 fully saturated rings. The molecule has 2 heterocycles. The molecule has 2 N–H and O–H groups in total. The van der Waals surface area contributed by atoms with Crippen molar-refractivity contribution < 1.29 is 27.1 Å². The van der Waals surface area contributed by atoms with E-state index in [4.69, 9.17) is 15.2 Å². The Balaban J connectivity index is 2.13. The van der Waals surface area contributed by atoms with Gasteiger partial charge in [0.05, 0.1) is 36.3 Å². The third-order valence-corrected chi connectivity index (χ3v) is 6.85. The molecule has 1 aliphatic heterocycles. The summed E-state index contributed by atoms with van der Waals surface area (Å²) in [5.41, 5.74) is 7.70. The summed E-state index contributed by atoms with van der Waals surface area (Å²) >= 11 is 0. The van der Waals surface area contributed by atoms with Crippen LogP contribution >= 0.6 is 0 Å². The maximum atomic E-state index is 13.7. The van der Waals surface area contributed by atoms with Crippen LogP contribution in [0.15, 0.2) is 30.3 Å². The Labute approximate surface area is 211 Å². The minimum atomic E-state index is -3.62. The van der Waals surface area contributed by atoms with Crippen LogP contribution in [0.5, 0.6) is 0 Å². The number of aromatic nitrogens is 2. The Morgan fingerprint density at radius 1 is 1.25 bits per heavy atom. The molecule has 1 aliphatic rings. The smallest absolute Gasteiger partial charge is 0.239 e. The van der Waals surface area contributed by atoms with E-state index in [0.29, 0.717) is 28.9 Å². The molecule has 1 aromatic carbocycles. The predicted molar refractivity (Wildman–Crippen MR) is 136 cm³/mol. The highest BCUT2D eigenvalue weighted by molar-refractivity contribution is 7.92. The first-order valence-electron chi connectivity index (χ1n) is 11.6. The molecule has 3 rings (SSSR count). The van der Waals surface area contributed by atoms with Gasteiger partial charge in [0.15, 0.2) is 5.79 Å². The van der Waals surface area contributed by atoms with Crippen molar-refractivity contribution in [1.29, 1.82) is 0 Å². The van der Waals surface area contributed by atoms with Crippen LogP contribution in [0.2, 0.25) is 0 Å². The fraction of sp³-hybridized carbons (Fsp3) is 0.480. The zero-order valence-electron chi connectivity index (χ0n) is 21.4. The number of halogens is 1. The third kappa shape index (κ3) is 6.86. The summed E-state index contributed by atoms with van der Waals surface area (Å²) in [6.07, 6.45) is 4.44. The average Bonchev–Trinajstić information content (AvgIpc) is 2.75. The fourth-order valence-corrected chi connectivity index (χ4v) is 4.39. The molecule has 196 valence electrons. The molecule has 2 aromatic rings. The van der Waals surface area contributed by atoms with E-state index < -0.39 is 39.7 Å². The highest BCUT2D eigenvalue weighted by Gasteiger charge is 2.35. The number of rotatable bonds is 8. The maximum absolute atomic E-state index is 13.7. The number of amides is 1. The second-order valence-electron chi connectivity index (χ2n) is 9.62. The number of anilines is 1. The van der Waals surface area contributed by atoms with Gasteiger partial charge in [0.25, 0.3) is 0 Å². The van der Waals surface area contributed by atoms with Crippen LogP contribution < -0.4 is 10.0 Å². The van der Waals surface area contributed by atoms with Crippen molar-refractivity contribution in [2.75, 3.05) is 17.6 Å². The van der Waals surface area contributed by atoms with E-state index in [0.717, 1.165) is 10.6 Å². The van der Waals surface area contributed by atoms with Gasteiger partial charge in [0.2, 0.25) is 21.9 Å². The van der Waals surface area contributed by atoms with E-state index >= 15 is 0 Å². The predicted octanol–water partition coefficient (Wildman–Crippen LogP) is 3.60. The second-order valence-corrected chi connectivity index (χ2v) is 11.6. The lowest BCUT2D eigenvalue weighted by atomic mass is 9.97. The summed E-state index contributed by atoms with van der Waals surface area (Å²) < 4.78 is 51.0. The first kappa shape index (κ1) is 27.7. The van der Waals surface area contributed by atoms with Gasteiger partial charge in [-0.2, -0.15) is 0 Å². The number of hydrogen-bond donors (Lipinski definition) is 1. The van der Waals surface area contributed by atoms with Crippen molar-refractivity contribution in [3.8, 4) is 11.3 Å². The highest BCUT2D eigenvalue weighted by Crippen LogP contribution is 2.33. The monoisotopic (exact) mass is 520 g/mol. The Hall–Kier alpha value is -2.89. The van der Waals surface area contributed by atoms with Gasteiger partial charge in [-0.25, -0.2) is 27.1 Å². The number of hydrogen-bond acceptors (Lipinski definition) is 7. The number of nitrogens with two attached hydrogens (primary N) is 1. The number of carbonyl (C=O) groups excluding carboxylic acids is 1. The van der Waals surface area contributed by atoms with Gasteiger partial charge in [-0.05, 0) is 44.0 Å². The quantitative estimate of drug-likeness (QED) is 0.564. The first-order valence-corrected chi connectivity index (χ1v) is 13.4. The van der Waals surface area contributed by atoms with Crippen LogP contribution in [0.3, 0.4) is 0 Å². The molecule has 1 saturated heterocycles. The molecule has 36 heavy (non-hydrogen) atoms. The second kappa shape index (κ2) is 10.6. The van der Waals surface area contributed by atoms with Crippen LogP contribution in [-0.2, 0) is 24.3 Å². The van der Waals surface area contributed by atoms with E-state index in [1.807, 2.05) is 26.0 Å². The van der Waals surface area contributed by atoms with Crippen LogP contribution in [0.25, 0.3) is 17.3 Å². The third-order valence-electron chi connectivity index (χ3n) is 5.69. The number of nitrogens with zero attached hydrogens (tertiary/aromatic N) is 3. The standard InChI is InChI=1S/C25H33FN4O5S/c1-15(2)22-20(12-11-18-13-19(14-21(27)31)35-25(3,4)34-18)23(16-7-9-17(26)10-8-16)29-24(28-22)30(5)36(6,32)33/h7-12,15,18-19H,13-14H2,1-6H3,(H2,27,31)/b12-11+. The number of sulfonamides is 1. The van der Waals surface area contributed by atoms with Gasteiger partial charge in [0, 0.05) is 24.6 Å². The number of carbonyl (C=O) groups is 1. The molecule has 0 aliphatic carbocycles. The van der Waals surface area contributed by atoms with E-state index in [2.05, 4.69) is 9.97 Å². The SMILES string of the molecule is CC(C)c1nc(N(C)S(C)(=O)=O)nc(-c2ccc(F)cc2)c1/C=C/C1CC(CC(N)=O)OC(C)(C)O1. The zero-order valence-corrected chi connectivity index (χ0v) is 22.2. The Morgan fingerprint density at radius 2 is 1.89 bits per heavy atom. The Morgan fingerprint density at radius 3 is 2.44 bits per heavy atom. The molecule has 1 amide bonds. The van der Waals surface area contributed by atoms with Gasteiger partial charge in [-0.3, -0.25) is 4.79 Å². The molecule has 9 nitrogen and oxygen atoms in total. The van der Waals surface area contributed by atoms with Crippen LogP contribution in [-0.4, -0.2) is 55.6 Å². The Bertz CT molecular complexity index is 1250. The largest absolute Gasteiger partial charge is 0.370 e. The fourth-order valence-electron chi connectivity index (χ4n) is 4.02. The van der Waals surface area contributed by atoms with Gasteiger partial charge in [-0.1, -0.05) is 26.0 Å². The molecular weight excluding hydrogens is 487 g/mol. The van der Waals surface area contributed by atoms with E-state index in [9.17, 15) is 17.6 Å². The van der Waals surface area contributed by atoms with Crippen molar-refractivity contribution in [2.24, 2.45) is 5.73 Å². The normalized spacial score (nSPS) is 20.1. The summed E-state index contributed by atoms with van der Waals surface area (Å²) in [4.78, 5) is 20.6. The highest BCUT2D eigenvalue weighted by atomic mass is 32.2. The molecule has 0 spiro atoms. The van der Waals surface area contributed by atoms with Crippen molar-refractivity contribution in [3.63, 3.8) is 0 Å². The molecule has 0 bridgehead atoms. The molecule has 2 unspecified atom stereocenters. The van der Waals surface area contributed by atoms with E-state index in [1.165, 1.54) is 19.2 Å². The van der Waals surface area contributed by atoms with E-state index in [-0.39, 0.29) is 18.3 Å². The van der Waals surface area contributed by atoms with Crippen molar-refractivity contribution in [2.45, 2.75) is 64.4 Å². The van der Waals surface area contributed by atoms with Crippen LogP contribution in [0.1, 0.15) is 57.7 Å². The molecule has 0 saturated carbocycles. The number of benzene rings is 1. The van der Waals surface area contributed by atoms with Crippen molar-refractivity contribution in [1.82, 2.24) is 9.97 Å². The summed E-state index contributed by atoms with van der Waals surface area (Å²) in [5, 5.41) is 0. The van der Waals surface area contributed by atoms with Crippen molar-refractivity contribution in [3.05, 3.63) is 47.4 Å². The Kier molecular flexibility index (Phi) is 8.17. The summed E-state index contributed by atoms with van der Waals surface area (Å²) in [7, 11) is -2.23. The molecule has 11 heteroatoms. The minimum Gasteiger partial charge on any atom is -0.370 e. The molecule has 1 aromatic heterocycles.